The van der Waals surface area contributed by atoms with E-state index in [4.69, 9.17) is 15.0 Å². The van der Waals surface area contributed by atoms with Crippen LogP contribution >= 0.6 is 34.0 Å². The summed E-state index contributed by atoms with van der Waals surface area (Å²) in [7, 11) is 0. The lowest BCUT2D eigenvalue weighted by Gasteiger charge is -2.12. The maximum atomic E-state index is 4.81. The lowest BCUT2D eigenvalue weighted by molar-refractivity contribution is 1.26. The fraction of sp³-hybridized carbons (Fsp3) is 0. The molecule has 10 aromatic rings. The van der Waals surface area contributed by atoms with E-state index in [9.17, 15) is 0 Å². The molecule has 4 aromatic carbocycles. The Bertz CT molecular complexity index is 2430. The monoisotopic (exact) mass is 710 g/mol. The zero-order chi connectivity index (χ0) is 33.7. The van der Waals surface area contributed by atoms with Gasteiger partial charge in [-0.3, -0.25) is 0 Å². The standard InChI is InChI=1S/C40H22N8S3/c1-2-32-38(43-15-1)49-35(46-32)26-9-3-23(4-10-26)29-20-30(24-5-11-27(12-6-24)36-47-33-39(50-36)44-18-16-41-33)22-31(21-29)25-7-13-28(14-8-25)37-48-34-40(51-37)45-19-17-42-34/h1-22H. The Morgan fingerprint density at radius 3 is 1.12 bits per heavy atom. The average Bonchev–Trinajstić information content (AvgIpc) is 3.95. The van der Waals surface area contributed by atoms with Crippen LogP contribution in [0.2, 0.25) is 0 Å². The summed E-state index contributed by atoms with van der Waals surface area (Å²) >= 11 is 4.71. The van der Waals surface area contributed by atoms with Gasteiger partial charge in [0, 0.05) is 47.7 Å². The molecule has 0 spiro atoms. The molecule has 0 fully saturated rings. The molecule has 0 bridgehead atoms. The molecule has 10 rings (SSSR count). The van der Waals surface area contributed by atoms with Gasteiger partial charge in [-0.15, -0.1) is 0 Å². The van der Waals surface area contributed by atoms with E-state index in [0.717, 1.165) is 85.1 Å². The van der Waals surface area contributed by atoms with Crippen LogP contribution in [0.3, 0.4) is 0 Å². The van der Waals surface area contributed by atoms with Crippen molar-refractivity contribution in [3.63, 3.8) is 0 Å². The lowest BCUT2D eigenvalue weighted by atomic mass is 9.92. The van der Waals surface area contributed by atoms with Gasteiger partial charge in [0.2, 0.25) is 0 Å². The van der Waals surface area contributed by atoms with Crippen molar-refractivity contribution in [3.05, 3.63) is 134 Å². The van der Waals surface area contributed by atoms with Gasteiger partial charge in [0.25, 0.3) is 0 Å². The molecule has 0 saturated heterocycles. The molecular formula is C40H22N8S3. The van der Waals surface area contributed by atoms with Gasteiger partial charge in [0.1, 0.15) is 25.4 Å². The van der Waals surface area contributed by atoms with Gasteiger partial charge in [0.05, 0.1) is 0 Å². The molecule has 0 aliphatic carbocycles. The number of hydrogen-bond donors (Lipinski definition) is 0. The number of nitrogens with zero attached hydrogens (tertiary/aromatic N) is 8. The Morgan fingerprint density at radius 1 is 0.314 bits per heavy atom. The van der Waals surface area contributed by atoms with E-state index >= 15 is 0 Å². The Kier molecular flexibility index (Phi) is 7.19. The van der Waals surface area contributed by atoms with Crippen LogP contribution in [0, 0.1) is 0 Å². The summed E-state index contributed by atoms with van der Waals surface area (Å²) in [5.74, 6) is 0. The molecular weight excluding hydrogens is 689 g/mol. The third kappa shape index (κ3) is 5.63. The first-order chi connectivity index (χ1) is 25.2. The van der Waals surface area contributed by atoms with E-state index in [2.05, 4.69) is 116 Å². The molecule has 0 radical (unpaired) electrons. The van der Waals surface area contributed by atoms with E-state index in [1.54, 1.807) is 58.8 Å². The Hall–Kier alpha value is -6.14. The fourth-order valence-corrected chi connectivity index (χ4v) is 8.70. The first-order valence-electron chi connectivity index (χ1n) is 16.0. The lowest BCUT2D eigenvalue weighted by Crippen LogP contribution is -1.87. The van der Waals surface area contributed by atoms with Gasteiger partial charge in [0.15, 0.2) is 21.0 Å². The van der Waals surface area contributed by atoms with Crippen molar-refractivity contribution < 1.29 is 0 Å². The molecule has 0 N–H and O–H groups in total. The highest BCUT2D eigenvalue weighted by Gasteiger charge is 2.13. The van der Waals surface area contributed by atoms with Gasteiger partial charge in [-0.05, 0) is 63.7 Å². The topological polar surface area (TPSA) is 103 Å². The van der Waals surface area contributed by atoms with Crippen molar-refractivity contribution in [1.29, 1.82) is 0 Å². The van der Waals surface area contributed by atoms with Crippen LogP contribution in [0.4, 0.5) is 0 Å². The summed E-state index contributed by atoms with van der Waals surface area (Å²) in [6.45, 7) is 0. The van der Waals surface area contributed by atoms with Crippen molar-refractivity contribution in [2.45, 2.75) is 0 Å². The van der Waals surface area contributed by atoms with E-state index in [-0.39, 0.29) is 0 Å². The molecule has 0 amide bonds. The van der Waals surface area contributed by atoms with Crippen LogP contribution in [0.25, 0.3) is 96.4 Å². The first-order valence-corrected chi connectivity index (χ1v) is 18.5. The zero-order valence-electron chi connectivity index (χ0n) is 26.5. The molecule has 8 nitrogen and oxygen atoms in total. The highest BCUT2D eigenvalue weighted by molar-refractivity contribution is 7.21. The SMILES string of the molecule is c1cnc2sc(-c3ccc(-c4cc(-c5ccc(-c6nc7nccnc7s6)cc5)cc(-c5ccc(-c6nc7nccnc7s6)cc5)c4)cc3)nc2c1. The predicted molar refractivity (Wildman–Crippen MR) is 208 cm³/mol. The normalized spacial score (nSPS) is 11.5. The number of thiazole rings is 3. The van der Waals surface area contributed by atoms with Crippen molar-refractivity contribution in [3.8, 4) is 65.1 Å². The van der Waals surface area contributed by atoms with E-state index in [0.29, 0.717) is 11.3 Å². The molecule has 0 aliphatic rings. The molecule has 0 atom stereocenters. The Balaban J connectivity index is 1.03. The summed E-state index contributed by atoms with van der Waals surface area (Å²) in [5, 5.41) is 2.77. The van der Waals surface area contributed by atoms with Crippen molar-refractivity contribution in [1.82, 2.24) is 39.9 Å². The van der Waals surface area contributed by atoms with E-state index < -0.39 is 0 Å². The first kappa shape index (κ1) is 29.7. The second kappa shape index (κ2) is 12.3. The van der Waals surface area contributed by atoms with Gasteiger partial charge >= 0.3 is 0 Å². The van der Waals surface area contributed by atoms with Gasteiger partial charge in [-0.25, -0.2) is 39.9 Å². The molecule has 6 aromatic heterocycles. The third-order valence-corrected chi connectivity index (χ3v) is 11.6. The summed E-state index contributed by atoms with van der Waals surface area (Å²) in [5.41, 5.74) is 12.1. The maximum Gasteiger partial charge on any atom is 0.190 e. The summed E-state index contributed by atoms with van der Waals surface area (Å²) in [4.78, 5) is 38.8. The molecule has 11 heteroatoms. The number of aromatic nitrogens is 8. The largest absolute Gasteiger partial charge is 0.244 e. The molecule has 51 heavy (non-hydrogen) atoms. The molecule has 0 saturated carbocycles. The molecule has 6 heterocycles. The van der Waals surface area contributed by atoms with Crippen LogP contribution in [0.15, 0.2) is 134 Å². The Labute approximate surface area is 302 Å². The van der Waals surface area contributed by atoms with Crippen LogP contribution in [-0.2, 0) is 0 Å². The quantitative estimate of drug-likeness (QED) is 0.168. The highest BCUT2D eigenvalue weighted by atomic mass is 32.1. The maximum absolute atomic E-state index is 4.81. The van der Waals surface area contributed by atoms with Gasteiger partial charge in [-0.2, -0.15) is 0 Å². The third-order valence-electron chi connectivity index (χ3n) is 8.59. The smallest absolute Gasteiger partial charge is 0.190 e. The second-order valence-corrected chi connectivity index (χ2v) is 14.7. The minimum atomic E-state index is 0.673. The Morgan fingerprint density at radius 2 is 0.686 bits per heavy atom. The summed E-state index contributed by atoms with van der Waals surface area (Å²) < 4.78 is 0. The molecule has 0 aliphatic heterocycles. The number of fused-ring (bicyclic) bond motifs is 3. The minimum absolute atomic E-state index is 0.673. The van der Waals surface area contributed by atoms with Gasteiger partial charge in [-0.1, -0.05) is 107 Å². The summed E-state index contributed by atoms with van der Waals surface area (Å²) in [6, 6.07) is 36.5. The van der Waals surface area contributed by atoms with Crippen molar-refractivity contribution >= 4 is 65.3 Å². The number of rotatable bonds is 6. The molecule has 0 unspecified atom stereocenters. The average molecular weight is 711 g/mol. The minimum Gasteiger partial charge on any atom is -0.244 e. The van der Waals surface area contributed by atoms with Crippen LogP contribution in [0.1, 0.15) is 0 Å². The van der Waals surface area contributed by atoms with E-state index in [1.165, 1.54) is 0 Å². The van der Waals surface area contributed by atoms with Crippen LogP contribution < -0.4 is 0 Å². The number of pyridine rings is 1. The highest BCUT2D eigenvalue weighted by Crippen LogP contribution is 2.37. The van der Waals surface area contributed by atoms with Gasteiger partial charge < -0.3 is 0 Å². The number of hydrogen-bond acceptors (Lipinski definition) is 11. The zero-order valence-corrected chi connectivity index (χ0v) is 29.0. The van der Waals surface area contributed by atoms with Crippen molar-refractivity contribution in [2.24, 2.45) is 0 Å². The second-order valence-electron chi connectivity index (χ2n) is 11.8. The van der Waals surface area contributed by atoms with Crippen LogP contribution in [0.5, 0.6) is 0 Å². The van der Waals surface area contributed by atoms with E-state index in [1.807, 2.05) is 18.3 Å². The summed E-state index contributed by atoms with van der Waals surface area (Å²) in [6.07, 6.45) is 8.56. The fourth-order valence-electron chi connectivity index (χ4n) is 6.04. The predicted octanol–water partition coefficient (Wildman–Crippen LogP) is 10.5. The van der Waals surface area contributed by atoms with Crippen molar-refractivity contribution in [2.75, 3.05) is 0 Å². The number of benzene rings is 4. The van der Waals surface area contributed by atoms with Crippen LogP contribution in [-0.4, -0.2) is 39.9 Å². The molecule has 240 valence electrons.